The lowest BCUT2D eigenvalue weighted by Gasteiger charge is -2.38. The summed E-state index contributed by atoms with van der Waals surface area (Å²) in [5.41, 5.74) is 1.66. The van der Waals surface area contributed by atoms with Crippen molar-refractivity contribution in [1.82, 2.24) is 20.2 Å². The van der Waals surface area contributed by atoms with Gasteiger partial charge in [0.1, 0.15) is 5.82 Å². The summed E-state index contributed by atoms with van der Waals surface area (Å²) >= 11 is 0. The largest absolute Gasteiger partial charge is 0.354 e. The van der Waals surface area contributed by atoms with Crippen LogP contribution in [-0.4, -0.2) is 60.0 Å². The minimum absolute atomic E-state index is 0.0724. The molecule has 2 aromatic rings. The van der Waals surface area contributed by atoms with Gasteiger partial charge in [-0.25, -0.2) is 4.98 Å². The first-order valence-electron chi connectivity index (χ1n) is 9.23. The molecule has 0 bridgehead atoms. The summed E-state index contributed by atoms with van der Waals surface area (Å²) in [6.45, 7) is 5.81. The molecule has 138 valence electrons. The summed E-state index contributed by atoms with van der Waals surface area (Å²) in [5, 5.41) is 2.95. The number of carbonyl (C=O) groups is 1. The van der Waals surface area contributed by atoms with Crippen LogP contribution in [0.4, 0.5) is 5.82 Å². The summed E-state index contributed by atoms with van der Waals surface area (Å²) in [6.07, 6.45) is 5.20. The van der Waals surface area contributed by atoms with Crippen molar-refractivity contribution in [2.24, 2.45) is 0 Å². The zero-order valence-corrected chi connectivity index (χ0v) is 15.6. The molecule has 1 atom stereocenters. The van der Waals surface area contributed by atoms with E-state index in [-0.39, 0.29) is 5.91 Å². The summed E-state index contributed by atoms with van der Waals surface area (Å²) in [4.78, 5) is 25.7. The molecule has 2 aromatic heterocycles. The van der Waals surface area contributed by atoms with E-state index in [1.807, 2.05) is 30.3 Å². The maximum absolute atomic E-state index is 12.3. The fourth-order valence-electron chi connectivity index (χ4n) is 3.08. The SMILES string of the molecule is C[C@H]1CN(c2ccc(C(=O)NCCCc3ccccn3)cn2)CCN1C. The van der Waals surface area contributed by atoms with Gasteiger partial charge in [0.25, 0.3) is 5.91 Å². The van der Waals surface area contributed by atoms with Crippen molar-refractivity contribution < 1.29 is 4.79 Å². The van der Waals surface area contributed by atoms with Crippen LogP contribution in [0, 0.1) is 0 Å². The topological polar surface area (TPSA) is 61.4 Å². The highest BCUT2D eigenvalue weighted by molar-refractivity contribution is 5.94. The molecule has 0 saturated carbocycles. The molecule has 3 heterocycles. The predicted octanol–water partition coefficient (Wildman–Crippen LogP) is 1.98. The van der Waals surface area contributed by atoms with Crippen LogP contribution in [0.25, 0.3) is 0 Å². The van der Waals surface area contributed by atoms with Crippen molar-refractivity contribution >= 4 is 11.7 Å². The molecule has 1 aliphatic rings. The number of anilines is 1. The Hall–Kier alpha value is -2.47. The molecule has 6 heteroatoms. The van der Waals surface area contributed by atoms with Gasteiger partial charge in [0.15, 0.2) is 0 Å². The average molecular weight is 353 g/mol. The van der Waals surface area contributed by atoms with E-state index >= 15 is 0 Å². The van der Waals surface area contributed by atoms with Crippen LogP contribution >= 0.6 is 0 Å². The Balaban J connectivity index is 1.46. The molecule has 6 nitrogen and oxygen atoms in total. The second-order valence-electron chi connectivity index (χ2n) is 6.86. The van der Waals surface area contributed by atoms with Crippen molar-refractivity contribution in [3.8, 4) is 0 Å². The Bertz CT molecular complexity index is 704. The Morgan fingerprint density at radius 3 is 2.81 bits per heavy atom. The average Bonchev–Trinajstić information content (AvgIpc) is 2.68. The van der Waals surface area contributed by atoms with Gasteiger partial charge in [-0.1, -0.05) is 6.07 Å². The Morgan fingerprint density at radius 2 is 2.12 bits per heavy atom. The number of nitrogens with zero attached hydrogens (tertiary/aromatic N) is 4. The molecule has 1 amide bonds. The number of carbonyl (C=O) groups excluding carboxylic acids is 1. The van der Waals surface area contributed by atoms with Gasteiger partial charge in [0.2, 0.25) is 0 Å². The molecule has 0 radical (unpaired) electrons. The summed E-state index contributed by atoms with van der Waals surface area (Å²) in [6, 6.07) is 10.2. The molecule has 0 spiro atoms. The van der Waals surface area contributed by atoms with Crippen molar-refractivity contribution in [2.45, 2.75) is 25.8 Å². The van der Waals surface area contributed by atoms with E-state index in [0.717, 1.165) is 44.0 Å². The lowest BCUT2D eigenvalue weighted by Crippen LogP contribution is -2.50. The first kappa shape index (κ1) is 18.3. The quantitative estimate of drug-likeness (QED) is 0.805. The Morgan fingerprint density at radius 1 is 1.23 bits per heavy atom. The van der Waals surface area contributed by atoms with Crippen molar-refractivity contribution in [2.75, 3.05) is 38.1 Å². The molecule has 0 unspecified atom stereocenters. The molecule has 1 aliphatic heterocycles. The lowest BCUT2D eigenvalue weighted by molar-refractivity contribution is 0.0953. The van der Waals surface area contributed by atoms with Crippen LogP contribution in [-0.2, 0) is 6.42 Å². The van der Waals surface area contributed by atoms with Crippen molar-refractivity contribution in [1.29, 1.82) is 0 Å². The van der Waals surface area contributed by atoms with Crippen molar-refractivity contribution in [3.63, 3.8) is 0 Å². The molecular formula is C20H27N5O. The standard InChI is InChI=1S/C20H27N5O/c1-16-15-25(13-12-24(16)2)19-9-8-17(14-23-19)20(26)22-11-5-7-18-6-3-4-10-21-18/h3-4,6,8-10,14,16H,5,7,11-13,15H2,1-2H3,(H,22,26)/t16-/m0/s1. The normalized spacial score (nSPS) is 17.9. The van der Waals surface area contributed by atoms with E-state index in [4.69, 9.17) is 0 Å². The van der Waals surface area contributed by atoms with E-state index in [0.29, 0.717) is 18.2 Å². The van der Waals surface area contributed by atoms with Crippen LogP contribution in [0.5, 0.6) is 0 Å². The van der Waals surface area contributed by atoms with Crippen LogP contribution < -0.4 is 10.2 Å². The Labute approximate surface area is 155 Å². The van der Waals surface area contributed by atoms with E-state index in [1.54, 1.807) is 12.4 Å². The first-order chi connectivity index (χ1) is 12.6. The van der Waals surface area contributed by atoms with Gasteiger partial charge in [0.05, 0.1) is 5.56 Å². The number of aryl methyl sites for hydroxylation is 1. The number of amides is 1. The predicted molar refractivity (Wildman–Crippen MR) is 103 cm³/mol. The van der Waals surface area contributed by atoms with Crippen LogP contribution in [0.15, 0.2) is 42.7 Å². The number of piperazine rings is 1. The second kappa shape index (κ2) is 8.76. The van der Waals surface area contributed by atoms with E-state index in [1.165, 1.54) is 0 Å². The number of pyridine rings is 2. The third-order valence-corrected chi connectivity index (χ3v) is 4.92. The maximum Gasteiger partial charge on any atom is 0.252 e. The third-order valence-electron chi connectivity index (χ3n) is 4.92. The van der Waals surface area contributed by atoms with Gasteiger partial charge >= 0.3 is 0 Å². The van der Waals surface area contributed by atoms with E-state index in [2.05, 4.69) is 39.1 Å². The van der Waals surface area contributed by atoms with Gasteiger partial charge < -0.3 is 15.1 Å². The number of rotatable bonds is 6. The van der Waals surface area contributed by atoms with Gasteiger partial charge in [0, 0.05) is 50.3 Å². The molecule has 1 N–H and O–H groups in total. The molecule has 0 aromatic carbocycles. The highest BCUT2D eigenvalue weighted by atomic mass is 16.1. The highest BCUT2D eigenvalue weighted by Gasteiger charge is 2.21. The van der Waals surface area contributed by atoms with E-state index < -0.39 is 0 Å². The van der Waals surface area contributed by atoms with Gasteiger partial charge in [-0.3, -0.25) is 9.78 Å². The number of hydrogen-bond donors (Lipinski definition) is 1. The number of hydrogen-bond acceptors (Lipinski definition) is 5. The van der Waals surface area contributed by atoms with Gasteiger partial charge in [-0.15, -0.1) is 0 Å². The summed E-state index contributed by atoms with van der Waals surface area (Å²) in [5.74, 6) is 0.869. The summed E-state index contributed by atoms with van der Waals surface area (Å²) < 4.78 is 0. The zero-order valence-electron chi connectivity index (χ0n) is 15.6. The first-order valence-corrected chi connectivity index (χ1v) is 9.23. The molecular weight excluding hydrogens is 326 g/mol. The molecule has 0 aliphatic carbocycles. The zero-order chi connectivity index (χ0) is 18.4. The second-order valence-corrected chi connectivity index (χ2v) is 6.86. The molecule has 1 fully saturated rings. The van der Waals surface area contributed by atoms with Crippen LogP contribution in [0.2, 0.25) is 0 Å². The molecule has 3 rings (SSSR count). The fraction of sp³-hybridized carbons (Fsp3) is 0.450. The van der Waals surface area contributed by atoms with Crippen LogP contribution in [0.3, 0.4) is 0 Å². The highest BCUT2D eigenvalue weighted by Crippen LogP contribution is 2.16. The van der Waals surface area contributed by atoms with Gasteiger partial charge in [-0.2, -0.15) is 0 Å². The molecule has 1 saturated heterocycles. The van der Waals surface area contributed by atoms with Crippen molar-refractivity contribution in [3.05, 3.63) is 54.0 Å². The molecule has 26 heavy (non-hydrogen) atoms. The monoisotopic (exact) mass is 353 g/mol. The lowest BCUT2D eigenvalue weighted by atomic mass is 10.2. The number of likely N-dealkylation sites (N-methyl/N-ethyl adjacent to an activating group) is 1. The smallest absolute Gasteiger partial charge is 0.252 e. The summed E-state index contributed by atoms with van der Waals surface area (Å²) in [7, 11) is 2.15. The van der Waals surface area contributed by atoms with Gasteiger partial charge in [-0.05, 0) is 51.1 Å². The van der Waals surface area contributed by atoms with E-state index in [9.17, 15) is 4.79 Å². The number of nitrogens with one attached hydrogen (secondary N) is 1. The minimum atomic E-state index is -0.0724. The minimum Gasteiger partial charge on any atom is -0.354 e. The Kier molecular flexibility index (Phi) is 6.17. The number of aromatic nitrogens is 2. The van der Waals surface area contributed by atoms with Crippen LogP contribution in [0.1, 0.15) is 29.4 Å². The third kappa shape index (κ3) is 4.79. The maximum atomic E-state index is 12.3. The fourth-order valence-corrected chi connectivity index (χ4v) is 3.08.